The first-order valence-corrected chi connectivity index (χ1v) is 21.7. The smallest absolute Gasteiger partial charge is 0.0781 e. The molecular weight excluding hydrogens is 682 g/mol. The van der Waals surface area contributed by atoms with Crippen molar-refractivity contribution in [3.63, 3.8) is 0 Å². The molecule has 0 aliphatic carbocycles. The molecule has 0 saturated carbocycles. The van der Waals surface area contributed by atoms with Gasteiger partial charge in [-0.2, -0.15) is 0 Å². The van der Waals surface area contributed by atoms with E-state index in [2.05, 4.69) is 49.5 Å². The van der Waals surface area contributed by atoms with Crippen molar-refractivity contribution in [1.82, 2.24) is 14.8 Å². The van der Waals surface area contributed by atoms with Crippen LogP contribution >= 0.6 is 0 Å². The summed E-state index contributed by atoms with van der Waals surface area (Å²) in [5.74, 6) is 2.85. The monoisotopic (exact) mass is 768 g/mol. The van der Waals surface area contributed by atoms with Crippen molar-refractivity contribution in [2.45, 2.75) is 112 Å². The van der Waals surface area contributed by atoms with Gasteiger partial charge in [0.15, 0.2) is 0 Å². The molecule has 1 aromatic rings. The lowest BCUT2D eigenvalue weighted by atomic mass is 9.95. The van der Waals surface area contributed by atoms with E-state index in [1.165, 1.54) is 76.3 Å². The third-order valence-corrected chi connectivity index (χ3v) is 10.2. The number of hydrogen-bond acceptors (Lipinski definition) is 10. The highest BCUT2D eigenvalue weighted by Gasteiger charge is 2.12. The molecular formula is C44H85N3O7. The maximum Gasteiger partial charge on any atom is 0.0781 e. The van der Waals surface area contributed by atoms with Crippen molar-refractivity contribution >= 4 is 0 Å². The quantitative estimate of drug-likeness (QED) is 0.295. The van der Waals surface area contributed by atoms with E-state index in [0.29, 0.717) is 6.10 Å². The Bertz CT molecular complexity index is 803. The van der Waals surface area contributed by atoms with E-state index in [1.54, 1.807) is 12.4 Å². The molecule has 0 spiro atoms. The van der Waals surface area contributed by atoms with Crippen LogP contribution < -0.4 is 0 Å². The molecule has 1 aromatic heterocycles. The topological polar surface area (TPSA) is 84.0 Å². The van der Waals surface area contributed by atoms with E-state index >= 15 is 0 Å². The van der Waals surface area contributed by atoms with Crippen molar-refractivity contribution in [3.05, 3.63) is 30.1 Å². The molecule has 0 radical (unpaired) electrons. The number of pyridine rings is 1. The van der Waals surface area contributed by atoms with Gasteiger partial charge in [0.05, 0.1) is 52.4 Å². The zero-order valence-corrected chi connectivity index (χ0v) is 36.1. The number of rotatable bonds is 5. The van der Waals surface area contributed by atoms with Gasteiger partial charge in [-0.05, 0) is 108 Å². The minimum absolute atomic E-state index is 0.314. The van der Waals surface area contributed by atoms with Crippen LogP contribution in [0.5, 0.6) is 0 Å². The van der Waals surface area contributed by atoms with Crippen molar-refractivity contribution in [1.29, 1.82) is 0 Å². The SMILES string of the molecule is CC1CCOCC1.CC1COCCO1.CCC1CCOCC1.CCCC1CCOCC1.CCCN1CCOCC1.CN1CCOCC1.Cc1ccncc1. The Morgan fingerprint density at radius 1 is 0.593 bits per heavy atom. The molecule has 0 bridgehead atoms. The van der Waals surface area contributed by atoms with Crippen LogP contribution in [0.3, 0.4) is 0 Å². The van der Waals surface area contributed by atoms with Crippen LogP contribution in [0.25, 0.3) is 0 Å². The highest BCUT2D eigenvalue weighted by Crippen LogP contribution is 2.19. The van der Waals surface area contributed by atoms with Gasteiger partial charge in [0.25, 0.3) is 0 Å². The van der Waals surface area contributed by atoms with Crippen LogP contribution in [0.1, 0.15) is 104 Å². The lowest BCUT2D eigenvalue weighted by molar-refractivity contribution is -0.0797. The Kier molecular flexibility index (Phi) is 35.2. The summed E-state index contributed by atoms with van der Waals surface area (Å²) in [5, 5.41) is 0. The van der Waals surface area contributed by atoms with Crippen LogP contribution in [0, 0.1) is 24.7 Å². The Labute approximate surface area is 332 Å². The van der Waals surface area contributed by atoms with Gasteiger partial charge < -0.3 is 38.1 Å². The third-order valence-electron chi connectivity index (χ3n) is 10.2. The summed E-state index contributed by atoms with van der Waals surface area (Å²) in [5.41, 5.74) is 1.26. The average molecular weight is 768 g/mol. The molecule has 1 atom stereocenters. The van der Waals surface area contributed by atoms with Gasteiger partial charge >= 0.3 is 0 Å². The Morgan fingerprint density at radius 2 is 1.09 bits per heavy atom. The third kappa shape index (κ3) is 31.9. The summed E-state index contributed by atoms with van der Waals surface area (Å²) < 4.78 is 36.1. The molecule has 0 aromatic carbocycles. The first kappa shape index (κ1) is 50.8. The van der Waals surface area contributed by atoms with E-state index in [9.17, 15) is 0 Å². The summed E-state index contributed by atoms with van der Waals surface area (Å²) in [6.07, 6.45) is 16.9. The van der Waals surface area contributed by atoms with Crippen LogP contribution in [0.15, 0.2) is 24.5 Å². The molecule has 10 nitrogen and oxygen atoms in total. The van der Waals surface area contributed by atoms with Gasteiger partial charge in [0.2, 0.25) is 0 Å². The fourth-order valence-electron chi connectivity index (χ4n) is 6.24. The number of morpholine rings is 2. The van der Waals surface area contributed by atoms with Crippen LogP contribution in [-0.2, 0) is 33.2 Å². The number of hydrogen-bond donors (Lipinski definition) is 0. The van der Waals surface area contributed by atoms with E-state index in [-0.39, 0.29) is 0 Å². The molecule has 10 heteroatoms. The molecule has 6 saturated heterocycles. The summed E-state index contributed by atoms with van der Waals surface area (Å²) >= 11 is 0. The summed E-state index contributed by atoms with van der Waals surface area (Å²) in [7, 11) is 2.11. The molecule has 1 unspecified atom stereocenters. The van der Waals surface area contributed by atoms with E-state index in [4.69, 9.17) is 33.2 Å². The molecule has 318 valence electrons. The number of aromatic nitrogens is 1. The standard InChI is InChI=1S/C8H16O.C7H15NO.C7H14O.C6H7N.C6H12O.C5H11NO.C5H10O2/c2*1-2-3-8-4-6-9-7-5-8;1-2-7-3-5-8-6-4-7;3*1-6-2-4-7-5-3-6;1-5-4-6-2-3-7-5/h8H,2-7H2,1H3;2-7H2,1H3;7H,2-6H2,1H3;2-5H,1H3;6H,2-5H2,1H3;2-5H2,1H3;5H,2-4H2,1H3. The highest BCUT2D eigenvalue weighted by molar-refractivity contribution is 5.05. The molecule has 0 amide bonds. The normalized spacial score (nSPS) is 22.9. The van der Waals surface area contributed by atoms with Crippen LogP contribution in [0.4, 0.5) is 0 Å². The molecule has 6 aliphatic heterocycles. The zero-order chi connectivity index (χ0) is 39.3. The summed E-state index contributed by atoms with van der Waals surface area (Å²) in [6, 6.07) is 3.94. The molecule has 7 heterocycles. The first-order chi connectivity index (χ1) is 26.4. The van der Waals surface area contributed by atoms with Crippen molar-refractivity contribution in [3.8, 4) is 0 Å². The second-order valence-corrected chi connectivity index (χ2v) is 15.3. The predicted octanol–water partition coefficient (Wildman–Crippen LogP) is 7.96. The average Bonchev–Trinajstić information content (AvgIpc) is 3.22. The summed E-state index contributed by atoms with van der Waals surface area (Å²) in [4.78, 5) is 8.56. The van der Waals surface area contributed by atoms with E-state index in [1.807, 2.05) is 26.0 Å². The fraction of sp³-hybridized carbons (Fsp3) is 0.886. The lowest BCUT2D eigenvalue weighted by Crippen LogP contribution is -2.36. The van der Waals surface area contributed by atoms with Gasteiger partial charge in [0.1, 0.15) is 0 Å². The van der Waals surface area contributed by atoms with Crippen molar-refractivity contribution in [2.75, 3.05) is 126 Å². The number of aryl methyl sites for hydroxylation is 1. The molecule has 54 heavy (non-hydrogen) atoms. The number of likely N-dealkylation sites (N-methyl/N-ethyl adjacent to an activating group) is 1. The second kappa shape index (κ2) is 37.4. The van der Waals surface area contributed by atoms with Gasteiger partial charge in [-0.3, -0.25) is 9.88 Å². The van der Waals surface area contributed by atoms with Crippen molar-refractivity contribution in [2.24, 2.45) is 17.8 Å². The minimum Gasteiger partial charge on any atom is -0.381 e. The van der Waals surface area contributed by atoms with Gasteiger partial charge in [0, 0.05) is 78.2 Å². The number of ether oxygens (including phenoxy) is 7. The lowest BCUT2D eigenvalue weighted by Gasteiger charge is -2.25. The molecule has 6 aliphatic rings. The second-order valence-electron chi connectivity index (χ2n) is 15.3. The van der Waals surface area contributed by atoms with E-state index < -0.39 is 0 Å². The Hall–Kier alpha value is -1.21. The van der Waals surface area contributed by atoms with Crippen LogP contribution in [0.2, 0.25) is 0 Å². The zero-order valence-electron chi connectivity index (χ0n) is 36.1. The molecule has 6 fully saturated rings. The van der Waals surface area contributed by atoms with Crippen LogP contribution in [-0.4, -0.2) is 147 Å². The van der Waals surface area contributed by atoms with Crippen molar-refractivity contribution < 1.29 is 33.2 Å². The highest BCUT2D eigenvalue weighted by atomic mass is 16.6. The Morgan fingerprint density at radius 3 is 1.41 bits per heavy atom. The fourth-order valence-corrected chi connectivity index (χ4v) is 6.24. The molecule has 0 N–H and O–H groups in total. The van der Waals surface area contributed by atoms with Gasteiger partial charge in [-0.1, -0.05) is 47.0 Å². The largest absolute Gasteiger partial charge is 0.381 e. The predicted molar refractivity (Wildman–Crippen MR) is 223 cm³/mol. The van der Waals surface area contributed by atoms with E-state index in [0.717, 1.165) is 130 Å². The minimum atomic E-state index is 0.314. The maximum atomic E-state index is 5.25. The van der Waals surface area contributed by atoms with Gasteiger partial charge in [-0.25, -0.2) is 0 Å². The van der Waals surface area contributed by atoms with Gasteiger partial charge in [-0.15, -0.1) is 0 Å². The maximum absolute atomic E-state index is 5.25. The summed E-state index contributed by atoms with van der Waals surface area (Å²) in [6.45, 7) is 30.7. The molecule has 7 rings (SSSR count). The number of nitrogens with zero attached hydrogens (tertiary/aromatic N) is 3. The first-order valence-electron chi connectivity index (χ1n) is 21.7. The Balaban J connectivity index is 0.000000316.